The highest BCUT2D eigenvalue weighted by Crippen LogP contribution is 2.28. The van der Waals surface area contributed by atoms with E-state index < -0.39 is 5.97 Å². The quantitative estimate of drug-likeness (QED) is 0.839. The molecule has 5 nitrogen and oxygen atoms in total. The fourth-order valence-electron chi connectivity index (χ4n) is 1.46. The summed E-state index contributed by atoms with van der Waals surface area (Å²) >= 11 is 4.46. The Kier molecular flexibility index (Phi) is 4.06. The van der Waals surface area contributed by atoms with Gasteiger partial charge in [-0.15, -0.1) is 0 Å². The van der Waals surface area contributed by atoms with Gasteiger partial charge in [-0.1, -0.05) is 27.7 Å². The second-order valence-corrected chi connectivity index (χ2v) is 5.75. The lowest BCUT2D eigenvalue weighted by atomic mass is 10.2. The van der Waals surface area contributed by atoms with Gasteiger partial charge in [0.05, 0.1) is 5.56 Å². The van der Waals surface area contributed by atoms with Crippen LogP contribution < -0.4 is 5.56 Å². The molecule has 0 aliphatic rings. The Morgan fingerprint density at radius 1 is 1.37 bits per heavy atom. The Morgan fingerprint density at radius 3 is 2.74 bits per heavy atom. The maximum atomic E-state index is 11.3. The van der Waals surface area contributed by atoms with E-state index in [2.05, 4.69) is 25.9 Å². The first-order valence-corrected chi connectivity index (χ1v) is 6.85. The van der Waals surface area contributed by atoms with E-state index in [9.17, 15) is 9.59 Å². The largest absolute Gasteiger partial charge is 0.478 e. The number of aryl methyl sites for hydroxylation is 1. The van der Waals surface area contributed by atoms with Crippen LogP contribution in [0.3, 0.4) is 0 Å². The number of aromatic amines is 1. The standard InChI is InChI=1S/C12H9BrN2O3S/c1-6-2-10(16)15-12(14-6)19-9-4-7(11(17)18)3-8(13)5-9/h2-5H,1H3,(H,17,18)(H,14,15,16). The van der Waals surface area contributed by atoms with Gasteiger partial charge >= 0.3 is 5.97 Å². The third-order valence-electron chi connectivity index (χ3n) is 2.18. The van der Waals surface area contributed by atoms with Crippen molar-refractivity contribution in [3.8, 4) is 0 Å². The third-order valence-corrected chi connectivity index (χ3v) is 3.50. The van der Waals surface area contributed by atoms with Gasteiger partial charge in [0, 0.05) is 21.1 Å². The molecule has 0 aliphatic carbocycles. The molecule has 98 valence electrons. The van der Waals surface area contributed by atoms with Gasteiger partial charge < -0.3 is 10.1 Å². The van der Waals surface area contributed by atoms with Crippen molar-refractivity contribution in [1.29, 1.82) is 0 Å². The SMILES string of the molecule is Cc1cc(=O)[nH]c(Sc2cc(Br)cc(C(=O)O)c2)n1. The van der Waals surface area contributed by atoms with E-state index in [1.807, 2.05) is 0 Å². The minimum absolute atomic E-state index is 0.173. The molecule has 0 radical (unpaired) electrons. The summed E-state index contributed by atoms with van der Waals surface area (Å²) in [5.41, 5.74) is 0.551. The number of halogens is 1. The molecule has 0 spiro atoms. The van der Waals surface area contributed by atoms with E-state index in [4.69, 9.17) is 5.11 Å². The van der Waals surface area contributed by atoms with Crippen LogP contribution in [0.25, 0.3) is 0 Å². The Bertz CT molecular complexity index is 700. The number of aromatic carboxylic acids is 1. The predicted octanol–water partition coefficient (Wildman–Crippen LogP) is 2.69. The van der Waals surface area contributed by atoms with E-state index in [1.54, 1.807) is 13.0 Å². The van der Waals surface area contributed by atoms with Crippen molar-refractivity contribution in [2.75, 3.05) is 0 Å². The first-order valence-electron chi connectivity index (χ1n) is 5.24. The molecule has 1 heterocycles. The lowest BCUT2D eigenvalue weighted by Crippen LogP contribution is -2.07. The summed E-state index contributed by atoms with van der Waals surface area (Å²) < 4.78 is 0.657. The van der Waals surface area contributed by atoms with Gasteiger partial charge in [0.15, 0.2) is 5.16 Å². The normalized spacial score (nSPS) is 10.4. The van der Waals surface area contributed by atoms with E-state index >= 15 is 0 Å². The molecule has 0 aliphatic heterocycles. The second kappa shape index (κ2) is 5.58. The first-order chi connectivity index (χ1) is 8.94. The van der Waals surface area contributed by atoms with Crippen LogP contribution in [0.2, 0.25) is 0 Å². The van der Waals surface area contributed by atoms with E-state index in [-0.39, 0.29) is 11.1 Å². The summed E-state index contributed by atoms with van der Waals surface area (Å²) in [6.07, 6.45) is 0. The van der Waals surface area contributed by atoms with Crippen molar-refractivity contribution in [3.63, 3.8) is 0 Å². The maximum Gasteiger partial charge on any atom is 0.335 e. The average molecular weight is 341 g/mol. The molecular weight excluding hydrogens is 332 g/mol. The molecule has 0 amide bonds. The Labute approximate surface area is 121 Å². The molecule has 0 saturated heterocycles. The highest BCUT2D eigenvalue weighted by molar-refractivity contribution is 9.10. The van der Waals surface area contributed by atoms with Gasteiger partial charge in [0.1, 0.15) is 0 Å². The van der Waals surface area contributed by atoms with E-state index in [0.717, 1.165) is 0 Å². The molecule has 1 aromatic heterocycles. The fraction of sp³-hybridized carbons (Fsp3) is 0.0833. The van der Waals surface area contributed by atoms with Gasteiger partial charge in [0.25, 0.3) is 5.56 Å². The van der Waals surface area contributed by atoms with Crippen LogP contribution in [0.5, 0.6) is 0 Å². The van der Waals surface area contributed by atoms with Crippen LogP contribution in [-0.2, 0) is 0 Å². The molecular formula is C12H9BrN2O3S. The van der Waals surface area contributed by atoms with E-state index in [1.165, 1.54) is 30.0 Å². The van der Waals surface area contributed by atoms with Crippen LogP contribution in [-0.4, -0.2) is 21.0 Å². The average Bonchev–Trinajstić information content (AvgIpc) is 2.26. The molecule has 0 saturated carbocycles. The Balaban J connectivity index is 2.37. The summed E-state index contributed by atoms with van der Waals surface area (Å²) in [4.78, 5) is 29.8. The van der Waals surface area contributed by atoms with Gasteiger partial charge in [-0.05, 0) is 25.1 Å². The molecule has 2 aromatic rings. The summed E-state index contributed by atoms with van der Waals surface area (Å²) in [5, 5.41) is 9.41. The maximum absolute atomic E-state index is 11.3. The minimum Gasteiger partial charge on any atom is -0.478 e. The predicted molar refractivity (Wildman–Crippen MR) is 74.8 cm³/mol. The van der Waals surface area contributed by atoms with Crippen molar-refractivity contribution < 1.29 is 9.90 Å². The number of H-pyrrole nitrogens is 1. The minimum atomic E-state index is -1.01. The molecule has 0 atom stereocenters. The lowest BCUT2D eigenvalue weighted by Gasteiger charge is -2.04. The molecule has 0 bridgehead atoms. The number of hydrogen-bond donors (Lipinski definition) is 2. The Hall–Kier alpha value is -1.60. The highest BCUT2D eigenvalue weighted by atomic mass is 79.9. The summed E-state index contributed by atoms with van der Waals surface area (Å²) in [6, 6.07) is 6.20. The van der Waals surface area contributed by atoms with Gasteiger partial charge in [-0.2, -0.15) is 0 Å². The topological polar surface area (TPSA) is 83.0 Å². The molecule has 2 N–H and O–H groups in total. The second-order valence-electron chi connectivity index (χ2n) is 3.77. The van der Waals surface area contributed by atoms with Crippen molar-refractivity contribution in [3.05, 3.63) is 50.3 Å². The summed E-state index contributed by atoms with van der Waals surface area (Å²) in [6.45, 7) is 1.73. The zero-order valence-corrected chi connectivity index (χ0v) is 12.2. The number of nitrogens with one attached hydrogen (secondary N) is 1. The van der Waals surface area contributed by atoms with Crippen LogP contribution in [0.15, 0.2) is 43.6 Å². The summed E-state index contributed by atoms with van der Waals surface area (Å²) in [5.74, 6) is -1.01. The number of hydrogen-bond acceptors (Lipinski definition) is 4. The number of benzene rings is 1. The van der Waals surface area contributed by atoms with Gasteiger partial charge in [-0.25, -0.2) is 9.78 Å². The smallest absolute Gasteiger partial charge is 0.335 e. The monoisotopic (exact) mass is 340 g/mol. The van der Waals surface area contributed by atoms with Crippen LogP contribution in [0, 0.1) is 6.92 Å². The number of carboxylic acid groups (broad SMARTS) is 1. The molecule has 0 fully saturated rings. The zero-order valence-electron chi connectivity index (χ0n) is 9.81. The van der Waals surface area contributed by atoms with Gasteiger partial charge in [0.2, 0.25) is 0 Å². The fourth-order valence-corrected chi connectivity index (χ4v) is 3.04. The number of nitrogens with zero attached hydrogens (tertiary/aromatic N) is 1. The molecule has 19 heavy (non-hydrogen) atoms. The first kappa shape index (κ1) is 13.8. The van der Waals surface area contributed by atoms with Crippen molar-refractivity contribution in [1.82, 2.24) is 9.97 Å². The zero-order chi connectivity index (χ0) is 14.0. The number of carboxylic acids is 1. The third kappa shape index (κ3) is 3.68. The van der Waals surface area contributed by atoms with Crippen molar-refractivity contribution in [2.45, 2.75) is 17.0 Å². The number of aromatic nitrogens is 2. The molecule has 7 heteroatoms. The van der Waals surface area contributed by atoms with Gasteiger partial charge in [-0.3, -0.25) is 4.79 Å². The Morgan fingerprint density at radius 2 is 2.11 bits per heavy atom. The lowest BCUT2D eigenvalue weighted by molar-refractivity contribution is 0.0696. The number of rotatable bonds is 3. The van der Waals surface area contributed by atoms with Crippen LogP contribution in [0.4, 0.5) is 0 Å². The molecule has 0 unspecified atom stereocenters. The van der Waals surface area contributed by atoms with Crippen LogP contribution in [0.1, 0.15) is 16.1 Å². The van der Waals surface area contributed by atoms with Crippen molar-refractivity contribution >= 4 is 33.7 Å². The van der Waals surface area contributed by atoms with E-state index in [0.29, 0.717) is 20.2 Å². The number of carbonyl (C=O) groups is 1. The van der Waals surface area contributed by atoms with Crippen LogP contribution >= 0.6 is 27.7 Å². The highest BCUT2D eigenvalue weighted by Gasteiger charge is 2.08. The van der Waals surface area contributed by atoms with Crippen molar-refractivity contribution in [2.24, 2.45) is 0 Å². The summed E-state index contributed by atoms with van der Waals surface area (Å²) in [7, 11) is 0. The molecule has 2 rings (SSSR count). The molecule has 1 aromatic carbocycles.